The zero-order valence-corrected chi connectivity index (χ0v) is 16.9. The second-order valence-corrected chi connectivity index (χ2v) is 9.41. The van der Waals surface area contributed by atoms with Crippen LogP contribution in [0.2, 0.25) is 0 Å². The van der Waals surface area contributed by atoms with E-state index < -0.39 is 0 Å². The fourth-order valence-electron chi connectivity index (χ4n) is 5.29. The molecule has 2 aliphatic carbocycles. The number of amides is 1. The second-order valence-electron chi connectivity index (χ2n) is 9.41. The molecule has 148 valence electrons. The Bertz CT molecular complexity index is 712. The second kappa shape index (κ2) is 6.59. The molecule has 1 amide bonds. The van der Waals surface area contributed by atoms with Crippen molar-refractivity contribution < 1.29 is 4.79 Å². The van der Waals surface area contributed by atoms with Gasteiger partial charge >= 0.3 is 0 Å². The van der Waals surface area contributed by atoms with Crippen molar-refractivity contribution in [1.29, 1.82) is 0 Å². The van der Waals surface area contributed by atoms with Crippen LogP contribution in [0, 0.1) is 5.92 Å². The van der Waals surface area contributed by atoms with E-state index in [4.69, 9.17) is 0 Å². The van der Waals surface area contributed by atoms with Crippen LogP contribution < -0.4 is 0 Å². The van der Waals surface area contributed by atoms with Crippen molar-refractivity contribution in [1.82, 2.24) is 24.5 Å². The minimum Gasteiger partial charge on any atom is -0.342 e. The van der Waals surface area contributed by atoms with E-state index in [1.54, 1.807) is 0 Å². The molecule has 0 aromatic carbocycles. The fraction of sp³-hybridized carbons (Fsp3) is 0.810. The maximum Gasteiger partial charge on any atom is 0.225 e. The van der Waals surface area contributed by atoms with Gasteiger partial charge in [0.15, 0.2) is 0 Å². The first-order valence-corrected chi connectivity index (χ1v) is 10.8. The number of nitrogens with zero attached hydrogens (tertiary/aromatic N) is 5. The number of aryl methyl sites for hydroxylation is 1. The number of hydrogen-bond acceptors (Lipinski definition) is 4. The van der Waals surface area contributed by atoms with Crippen LogP contribution >= 0.6 is 0 Å². The Morgan fingerprint density at radius 3 is 2.52 bits per heavy atom. The number of hydrogen-bond donors (Lipinski definition) is 0. The number of rotatable bonds is 4. The Morgan fingerprint density at radius 1 is 1.11 bits per heavy atom. The molecule has 2 saturated heterocycles. The van der Waals surface area contributed by atoms with Gasteiger partial charge in [-0.25, -0.2) is 0 Å². The van der Waals surface area contributed by atoms with E-state index in [9.17, 15) is 4.79 Å². The maximum absolute atomic E-state index is 12.4. The summed E-state index contributed by atoms with van der Waals surface area (Å²) in [6, 6.07) is 0. The molecule has 2 saturated carbocycles. The molecule has 0 radical (unpaired) electrons. The van der Waals surface area contributed by atoms with E-state index in [1.165, 1.54) is 24.1 Å². The summed E-state index contributed by atoms with van der Waals surface area (Å²) in [6.07, 6.45) is 9.19. The van der Waals surface area contributed by atoms with Crippen molar-refractivity contribution in [2.24, 2.45) is 13.0 Å². The highest BCUT2D eigenvalue weighted by Crippen LogP contribution is 2.42. The van der Waals surface area contributed by atoms with Crippen LogP contribution in [0.4, 0.5) is 0 Å². The average molecular weight is 372 g/mol. The van der Waals surface area contributed by atoms with Gasteiger partial charge in [-0.1, -0.05) is 0 Å². The highest BCUT2D eigenvalue weighted by molar-refractivity contribution is 5.81. The quantitative estimate of drug-likeness (QED) is 0.810. The number of carbonyl (C=O) groups is 1. The largest absolute Gasteiger partial charge is 0.342 e. The first-order chi connectivity index (χ1) is 13.1. The van der Waals surface area contributed by atoms with Crippen LogP contribution in [0.5, 0.6) is 0 Å². The molecule has 4 aliphatic rings. The van der Waals surface area contributed by atoms with Gasteiger partial charge in [0.1, 0.15) is 0 Å². The summed E-state index contributed by atoms with van der Waals surface area (Å²) in [7, 11) is 4.38. The van der Waals surface area contributed by atoms with Crippen LogP contribution in [0.25, 0.3) is 0 Å². The molecule has 0 unspecified atom stereocenters. The van der Waals surface area contributed by atoms with E-state index >= 15 is 0 Å². The number of carbonyl (C=O) groups excluding carboxylic acids is 1. The van der Waals surface area contributed by atoms with Gasteiger partial charge in [0.25, 0.3) is 0 Å². The minimum atomic E-state index is 0.237. The molecule has 2 aliphatic heterocycles. The Balaban J connectivity index is 1.25. The third kappa shape index (κ3) is 3.31. The van der Waals surface area contributed by atoms with Gasteiger partial charge in [-0.15, -0.1) is 0 Å². The molecular weight excluding hydrogens is 338 g/mol. The SMILES string of the molecule is CN1CCN(Cc2cnn(C)c2C2CC2)CC12CCN(C(=O)C1CC1)CC2. The zero-order chi connectivity index (χ0) is 18.6. The van der Waals surface area contributed by atoms with Crippen LogP contribution in [-0.4, -0.2) is 75.7 Å². The molecule has 6 heteroatoms. The molecule has 3 heterocycles. The Kier molecular flexibility index (Phi) is 4.32. The summed E-state index contributed by atoms with van der Waals surface area (Å²) in [5.74, 6) is 1.52. The Morgan fingerprint density at radius 2 is 1.85 bits per heavy atom. The molecule has 0 atom stereocenters. The highest BCUT2D eigenvalue weighted by atomic mass is 16.2. The van der Waals surface area contributed by atoms with E-state index in [-0.39, 0.29) is 5.54 Å². The molecular formula is C21H33N5O. The first-order valence-electron chi connectivity index (χ1n) is 10.8. The van der Waals surface area contributed by atoms with Gasteiger partial charge in [0.05, 0.1) is 6.20 Å². The summed E-state index contributed by atoms with van der Waals surface area (Å²) in [6.45, 7) is 6.27. The van der Waals surface area contributed by atoms with E-state index in [2.05, 4.69) is 44.8 Å². The molecule has 6 nitrogen and oxygen atoms in total. The number of aromatic nitrogens is 2. The first kappa shape index (κ1) is 17.7. The van der Waals surface area contributed by atoms with Gasteiger partial charge in [-0.2, -0.15) is 5.10 Å². The number of likely N-dealkylation sites (tertiary alicyclic amines) is 1. The predicted molar refractivity (Wildman–Crippen MR) is 104 cm³/mol. The van der Waals surface area contributed by atoms with Gasteiger partial charge in [0.2, 0.25) is 5.91 Å². The van der Waals surface area contributed by atoms with Crippen LogP contribution in [0.3, 0.4) is 0 Å². The summed E-state index contributed by atoms with van der Waals surface area (Å²) in [5, 5.41) is 4.55. The minimum absolute atomic E-state index is 0.237. The lowest BCUT2D eigenvalue weighted by atomic mass is 9.83. The molecule has 0 N–H and O–H groups in total. The van der Waals surface area contributed by atoms with Gasteiger partial charge in [0, 0.05) is 74.9 Å². The zero-order valence-electron chi connectivity index (χ0n) is 16.9. The molecule has 0 bridgehead atoms. The van der Waals surface area contributed by atoms with Crippen LogP contribution in [0.15, 0.2) is 6.20 Å². The summed E-state index contributed by atoms with van der Waals surface area (Å²) >= 11 is 0. The van der Waals surface area contributed by atoms with E-state index in [1.807, 2.05) is 0 Å². The van der Waals surface area contributed by atoms with E-state index in [0.717, 1.165) is 70.9 Å². The lowest BCUT2D eigenvalue weighted by Crippen LogP contribution is -2.64. The molecule has 5 rings (SSSR count). The Labute approximate surface area is 162 Å². The molecule has 1 aromatic rings. The highest BCUT2D eigenvalue weighted by Gasteiger charge is 2.44. The van der Waals surface area contributed by atoms with Crippen molar-refractivity contribution in [2.45, 2.75) is 56.5 Å². The van der Waals surface area contributed by atoms with Crippen molar-refractivity contribution in [2.75, 3.05) is 39.8 Å². The molecule has 4 fully saturated rings. The van der Waals surface area contributed by atoms with Gasteiger partial charge in [-0.05, 0) is 45.6 Å². The van der Waals surface area contributed by atoms with Crippen molar-refractivity contribution in [3.8, 4) is 0 Å². The standard InChI is InChI=1S/C21H33N5O/c1-23-11-12-25(14-18-13-22-24(2)19(18)16-3-4-16)15-21(23)7-9-26(10-8-21)20(27)17-5-6-17/h13,16-17H,3-12,14-15H2,1-2H3. The fourth-order valence-corrected chi connectivity index (χ4v) is 5.29. The monoisotopic (exact) mass is 371 g/mol. The Hall–Kier alpha value is -1.40. The van der Waals surface area contributed by atoms with E-state index in [0.29, 0.717) is 11.8 Å². The predicted octanol–water partition coefficient (Wildman–Crippen LogP) is 1.82. The number of piperidine rings is 1. The van der Waals surface area contributed by atoms with Crippen LogP contribution in [-0.2, 0) is 18.4 Å². The molecule has 1 aromatic heterocycles. The van der Waals surface area contributed by atoms with Crippen molar-refractivity contribution >= 4 is 5.91 Å². The summed E-state index contributed by atoms with van der Waals surface area (Å²) in [4.78, 5) is 19.8. The van der Waals surface area contributed by atoms with Gasteiger partial charge < -0.3 is 4.90 Å². The van der Waals surface area contributed by atoms with Crippen molar-refractivity contribution in [3.05, 3.63) is 17.5 Å². The topological polar surface area (TPSA) is 44.6 Å². The molecule has 27 heavy (non-hydrogen) atoms. The maximum atomic E-state index is 12.4. The van der Waals surface area contributed by atoms with Crippen LogP contribution in [0.1, 0.15) is 55.7 Å². The normalized spacial score (nSPS) is 26.7. The number of piperazine rings is 1. The molecule has 1 spiro atoms. The lowest BCUT2D eigenvalue weighted by Gasteiger charge is -2.53. The lowest BCUT2D eigenvalue weighted by molar-refractivity contribution is -0.136. The smallest absolute Gasteiger partial charge is 0.225 e. The third-order valence-electron chi connectivity index (χ3n) is 7.43. The summed E-state index contributed by atoms with van der Waals surface area (Å²) < 4.78 is 2.10. The third-order valence-corrected chi connectivity index (χ3v) is 7.43. The average Bonchev–Trinajstić information content (AvgIpc) is 3.58. The van der Waals surface area contributed by atoms with Crippen molar-refractivity contribution in [3.63, 3.8) is 0 Å². The number of likely N-dealkylation sites (N-methyl/N-ethyl adjacent to an activating group) is 1. The van der Waals surface area contributed by atoms with Gasteiger partial charge in [-0.3, -0.25) is 19.3 Å². The summed E-state index contributed by atoms with van der Waals surface area (Å²) in [5.41, 5.74) is 3.13.